The van der Waals surface area contributed by atoms with Gasteiger partial charge in [0.15, 0.2) is 0 Å². The summed E-state index contributed by atoms with van der Waals surface area (Å²) >= 11 is 12.5. The molecule has 0 saturated carbocycles. The highest BCUT2D eigenvalue weighted by molar-refractivity contribution is 6.42. The van der Waals surface area contributed by atoms with E-state index in [1.54, 1.807) is 17.0 Å². The highest BCUT2D eigenvalue weighted by Gasteiger charge is 2.43. The van der Waals surface area contributed by atoms with Gasteiger partial charge in [-0.3, -0.25) is 4.99 Å². The summed E-state index contributed by atoms with van der Waals surface area (Å²) in [4.78, 5) is 7.19. The van der Waals surface area contributed by atoms with Gasteiger partial charge in [-0.15, -0.1) is 0 Å². The minimum absolute atomic E-state index is 0.0398. The molecule has 9 heteroatoms. The largest absolute Gasteiger partial charge is 0.491 e. The van der Waals surface area contributed by atoms with Crippen molar-refractivity contribution >= 4 is 29.2 Å². The van der Waals surface area contributed by atoms with Crippen molar-refractivity contribution in [2.45, 2.75) is 32.7 Å². The van der Waals surface area contributed by atoms with Crippen molar-refractivity contribution < 1.29 is 17.9 Å². The van der Waals surface area contributed by atoms with Gasteiger partial charge in [0.05, 0.1) is 22.7 Å². The fourth-order valence-corrected chi connectivity index (χ4v) is 3.40. The van der Waals surface area contributed by atoms with Gasteiger partial charge in [0.2, 0.25) is 5.96 Å². The molecule has 0 aliphatic carbocycles. The Morgan fingerprint density at radius 1 is 1.27 bits per heavy atom. The first-order valence-electron chi connectivity index (χ1n) is 8.15. The summed E-state index contributed by atoms with van der Waals surface area (Å²) in [5, 5.41) is 0.701. The molecular weight excluding hydrogens is 390 g/mol. The zero-order chi connectivity index (χ0) is 19.1. The van der Waals surface area contributed by atoms with Gasteiger partial charge in [-0.25, -0.2) is 0 Å². The lowest BCUT2D eigenvalue weighted by Crippen LogP contribution is -2.48. The van der Waals surface area contributed by atoms with Crippen LogP contribution in [0.1, 0.15) is 19.4 Å². The van der Waals surface area contributed by atoms with E-state index in [1.165, 1.54) is 11.0 Å². The molecule has 0 unspecified atom stereocenters. The smallest absolute Gasteiger partial charge is 0.431 e. The van der Waals surface area contributed by atoms with E-state index in [0.717, 1.165) is 0 Å². The zero-order valence-electron chi connectivity index (χ0n) is 14.3. The summed E-state index contributed by atoms with van der Waals surface area (Å²) in [6, 6.07) is 3.39. The van der Waals surface area contributed by atoms with Crippen molar-refractivity contribution in [2.75, 3.05) is 19.6 Å². The average Bonchev–Trinajstić information content (AvgIpc) is 3.00. The lowest BCUT2D eigenvalue weighted by molar-refractivity contribution is -0.107. The van der Waals surface area contributed by atoms with E-state index in [2.05, 4.69) is 4.99 Å². The molecule has 0 spiro atoms. The fraction of sp³-hybridized carbons (Fsp3) is 0.471. The predicted molar refractivity (Wildman–Crippen MR) is 95.8 cm³/mol. The Balaban J connectivity index is 1.88. The van der Waals surface area contributed by atoms with Crippen LogP contribution in [0.25, 0.3) is 0 Å². The van der Waals surface area contributed by atoms with Crippen molar-refractivity contribution in [3.05, 3.63) is 39.5 Å². The van der Waals surface area contributed by atoms with Crippen LogP contribution in [0.3, 0.4) is 0 Å². The number of benzene rings is 1. The molecule has 4 nitrogen and oxygen atoms in total. The van der Waals surface area contributed by atoms with Crippen molar-refractivity contribution in [3.63, 3.8) is 0 Å². The summed E-state index contributed by atoms with van der Waals surface area (Å²) < 4.78 is 45.2. The summed E-state index contributed by atoms with van der Waals surface area (Å²) in [6.45, 7) is 4.69. The molecule has 2 heterocycles. The number of ether oxygens (including phenoxy) is 1. The second-order valence-electron chi connectivity index (χ2n) is 6.35. The Morgan fingerprint density at radius 3 is 2.65 bits per heavy atom. The molecule has 26 heavy (non-hydrogen) atoms. The van der Waals surface area contributed by atoms with E-state index in [9.17, 15) is 13.2 Å². The number of aliphatic imine (C=N–C) groups is 1. The van der Waals surface area contributed by atoms with Crippen LogP contribution >= 0.6 is 23.2 Å². The number of rotatable bonds is 4. The summed E-state index contributed by atoms with van der Waals surface area (Å²) in [5.74, 6) is 0.875. The van der Waals surface area contributed by atoms with E-state index in [1.807, 2.05) is 13.8 Å². The molecule has 0 radical (unpaired) electrons. The topological polar surface area (TPSA) is 28.1 Å². The van der Waals surface area contributed by atoms with Gasteiger partial charge in [-0.1, -0.05) is 23.2 Å². The lowest BCUT2D eigenvalue weighted by Gasteiger charge is -2.36. The third-order valence-corrected chi connectivity index (χ3v) is 4.84. The Bertz CT molecular complexity index is 762. The van der Waals surface area contributed by atoms with Crippen LogP contribution in [0, 0.1) is 0 Å². The van der Waals surface area contributed by atoms with Crippen LogP contribution in [-0.2, 0) is 6.54 Å². The molecular formula is C17H18Cl2F3N3O. The van der Waals surface area contributed by atoms with E-state index >= 15 is 0 Å². The second-order valence-corrected chi connectivity index (χ2v) is 7.13. The highest BCUT2D eigenvalue weighted by Crippen LogP contribution is 2.36. The van der Waals surface area contributed by atoms with E-state index in [0.29, 0.717) is 33.9 Å². The van der Waals surface area contributed by atoms with Crippen LogP contribution < -0.4 is 4.74 Å². The maximum absolute atomic E-state index is 13.2. The van der Waals surface area contributed by atoms with E-state index in [4.69, 9.17) is 27.9 Å². The van der Waals surface area contributed by atoms with Crippen LogP contribution in [0.15, 0.2) is 28.9 Å². The molecule has 142 valence electrons. The molecule has 2 aliphatic heterocycles. The van der Waals surface area contributed by atoms with Crippen molar-refractivity contribution in [1.29, 1.82) is 0 Å². The lowest BCUT2D eigenvalue weighted by atomic mass is 10.1. The van der Waals surface area contributed by atoms with Gasteiger partial charge < -0.3 is 14.5 Å². The van der Waals surface area contributed by atoms with Crippen LogP contribution in [0.5, 0.6) is 5.75 Å². The number of fused-ring (bicyclic) bond motifs is 1. The quantitative estimate of drug-likeness (QED) is 0.722. The zero-order valence-corrected chi connectivity index (χ0v) is 15.8. The number of hydrogen-bond donors (Lipinski definition) is 0. The second kappa shape index (κ2) is 7.19. The predicted octanol–water partition coefficient (Wildman–Crippen LogP) is 4.71. The molecule has 0 atom stereocenters. The maximum atomic E-state index is 13.2. The minimum atomic E-state index is -4.40. The molecule has 1 aromatic rings. The molecule has 0 N–H and O–H groups in total. The first-order chi connectivity index (χ1) is 12.2. The average molecular weight is 408 g/mol. The van der Waals surface area contributed by atoms with Gasteiger partial charge in [0, 0.05) is 25.7 Å². The number of guanidine groups is 1. The van der Waals surface area contributed by atoms with Gasteiger partial charge in [-0.05, 0) is 31.6 Å². The van der Waals surface area contributed by atoms with Crippen molar-refractivity contribution in [3.8, 4) is 5.75 Å². The molecule has 0 fully saturated rings. The molecule has 2 aliphatic rings. The molecule has 3 rings (SSSR count). The highest BCUT2D eigenvalue weighted by atomic mass is 35.5. The minimum Gasteiger partial charge on any atom is -0.491 e. The molecule has 1 aromatic carbocycles. The van der Waals surface area contributed by atoms with E-state index in [-0.39, 0.29) is 25.7 Å². The fourth-order valence-electron chi connectivity index (χ4n) is 3.01. The Labute approximate surface area is 159 Å². The van der Waals surface area contributed by atoms with Gasteiger partial charge in [0.25, 0.3) is 0 Å². The van der Waals surface area contributed by atoms with E-state index < -0.39 is 11.9 Å². The number of allylic oxidation sites excluding steroid dienone is 1. The van der Waals surface area contributed by atoms with Crippen molar-refractivity contribution in [2.24, 2.45) is 4.99 Å². The van der Waals surface area contributed by atoms with Gasteiger partial charge in [-0.2, -0.15) is 13.2 Å². The van der Waals surface area contributed by atoms with Crippen LogP contribution in [0.2, 0.25) is 10.0 Å². The van der Waals surface area contributed by atoms with Gasteiger partial charge >= 0.3 is 6.18 Å². The Hall–Kier alpha value is -1.60. The number of alkyl halides is 3. The summed E-state index contributed by atoms with van der Waals surface area (Å²) in [6.07, 6.45) is -3.26. The SMILES string of the molecule is CC(C)Oc1cc(Cl)c(Cl)c(CN2CC=C(C(F)(F)F)N3CCN=C23)c1. The monoisotopic (exact) mass is 407 g/mol. The summed E-state index contributed by atoms with van der Waals surface area (Å²) in [5.41, 5.74) is 0.0132. The number of nitrogens with zero attached hydrogens (tertiary/aromatic N) is 3. The molecule has 0 aromatic heterocycles. The first-order valence-corrected chi connectivity index (χ1v) is 8.91. The normalized spacial score (nSPS) is 17.4. The third kappa shape index (κ3) is 3.88. The number of hydrogen-bond acceptors (Lipinski definition) is 4. The maximum Gasteiger partial charge on any atom is 0.431 e. The Morgan fingerprint density at radius 2 is 2.00 bits per heavy atom. The van der Waals surface area contributed by atoms with Crippen LogP contribution in [0.4, 0.5) is 13.2 Å². The standard InChI is InChI=1S/C17H18Cl2F3N3O/c1-10(2)26-12-7-11(15(19)13(18)8-12)9-24-5-3-14(17(20,21)22)25-6-4-23-16(24)25/h3,7-8,10H,4-6,9H2,1-2H3. The Kier molecular flexibility index (Phi) is 5.30. The van der Waals surface area contributed by atoms with Gasteiger partial charge in [0.1, 0.15) is 11.4 Å². The molecule has 0 amide bonds. The third-order valence-electron chi connectivity index (χ3n) is 4.00. The molecule has 0 bridgehead atoms. The first kappa shape index (κ1) is 19.2. The van der Waals surface area contributed by atoms with Crippen molar-refractivity contribution in [1.82, 2.24) is 9.80 Å². The number of halogens is 5. The molecule has 0 saturated heterocycles. The summed E-state index contributed by atoms with van der Waals surface area (Å²) in [7, 11) is 0. The van der Waals surface area contributed by atoms with Crippen LogP contribution in [-0.4, -0.2) is 47.7 Å².